The first-order valence-corrected chi connectivity index (χ1v) is 3.67. The zero-order valence-corrected chi connectivity index (χ0v) is 7.35. The van der Waals surface area contributed by atoms with Crippen LogP contribution in [0.4, 0.5) is 0 Å². The number of aliphatic carboxylic acids is 1. The van der Waals surface area contributed by atoms with Crippen molar-refractivity contribution in [3.8, 4) is 0 Å². The van der Waals surface area contributed by atoms with Crippen molar-refractivity contribution in [2.75, 3.05) is 0 Å². The van der Waals surface area contributed by atoms with Crippen LogP contribution in [0.1, 0.15) is 40.0 Å². The summed E-state index contributed by atoms with van der Waals surface area (Å²) in [5.41, 5.74) is 0. The van der Waals surface area contributed by atoms with E-state index in [1.807, 2.05) is 6.92 Å². The molecule has 66 valence electrons. The molecule has 0 bridgehead atoms. The van der Waals surface area contributed by atoms with Gasteiger partial charge >= 0.3 is 0 Å². The smallest absolute Gasteiger partial charge is 0.126 e. The molecule has 0 aliphatic heterocycles. The fourth-order valence-electron chi connectivity index (χ4n) is 0.321. The molecule has 0 N–H and O–H groups in total. The fraction of sp³-hybridized carbons (Fsp3) is 0.750. The maximum atomic E-state index is 9.65. The van der Waals surface area contributed by atoms with Crippen molar-refractivity contribution in [3.63, 3.8) is 0 Å². The standard InChI is InChI=1S/C5H10O2.C3H6O/c1-2-3-4-5(6)7;1-3(2)4/h2-4H2,1H3,(H,6,7);1-2H3/p-1. The Hall–Kier alpha value is -0.860. The number of rotatable bonds is 3. The van der Waals surface area contributed by atoms with E-state index >= 15 is 0 Å². The summed E-state index contributed by atoms with van der Waals surface area (Å²) < 4.78 is 0. The molecule has 0 atom stereocenters. The average molecular weight is 159 g/mol. The van der Waals surface area contributed by atoms with Crippen LogP contribution < -0.4 is 5.11 Å². The topological polar surface area (TPSA) is 57.2 Å². The van der Waals surface area contributed by atoms with Gasteiger partial charge in [-0.3, -0.25) is 0 Å². The molecular weight excluding hydrogens is 144 g/mol. The van der Waals surface area contributed by atoms with E-state index in [-0.39, 0.29) is 12.2 Å². The lowest BCUT2D eigenvalue weighted by Gasteiger charge is -1.95. The van der Waals surface area contributed by atoms with Gasteiger partial charge in [-0.15, -0.1) is 0 Å². The van der Waals surface area contributed by atoms with Gasteiger partial charge in [0, 0.05) is 5.97 Å². The van der Waals surface area contributed by atoms with Gasteiger partial charge in [0.1, 0.15) is 5.78 Å². The minimum Gasteiger partial charge on any atom is -0.550 e. The molecule has 0 spiro atoms. The lowest BCUT2D eigenvalue weighted by Crippen LogP contribution is -2.21. The number of ketones is 1. The second kappa shape index (κ2) is 9.14. The molecule has 0 saturated carbocycles. The highest BCUT2D eigenvalue weighted by Crippen LogP contribution is 1.89. The molecule has 0 saturated heterocycles. The molecule has 0 unspecified atom stereocenters. The van der Waals surface area contributed by atoms with Crippen molar-refractivity contribution in [1.82, 2.24) is 0 Å². The van der Waals surface area contributed by atoms with Crippen LogP contribution in [0.3, 0.4) is 0 Å². The number of carbonyl (C=O) groups excluding carboxylic acids is 2. The van der Waals surface area contributed by atoms with Crippen LogP contribution in [-0.2, 0) is 9.59 Å². The molecule has 0 aromatic rings. The van der Waals surface area contributed by atoms with Crippen LogP contribution in [0.15, 0.2) is 0 Å². The summed E-state index contributed by atoms with van der Waals surface area (Å²) in [6.07, 6.45) is 1.87. The summed E-state index contributed by atoms with van der Waals surface area (Å²) in [6, 6.07) is 0. The summed E-state index contributed by atoms with van der Waals surface area (Å²) in [4.78, 5) is 19.1. The lowest BCUT2D eigenvalue weighted by atomic mass is 10.3. The van der Waals surface area contributed by atoms with Gasteiger partial charge in [-0.2, -0.15) is 0 Å². The van der Waals surface area contributed by atoms with Gasteiger partial charge < -0.3 is 14.7 Å². The highest BCUT2D eigenvalue weighted by molar-refractivity contribution is 5.72. The van der Waals surface area contributed by atoms with Gasteiger partial charge in [0.25, 0.3) is 0 Å². The van der Waals surface area contributed by atoms with Gasteiger partial charge in [0.2, 0.25) is 0 Å². The summed E-state index contributed by atoms with van der Waals surface area (Å²) in [5, 5.41) is 9.65. The SMILES string of the molecule is CC(C)=O.CCCCC(=O)[O-]. The largest absolute Gasteiger partial charge is 0.550 e. The molecule has 0 amide bonds. The second-order valence-corrected chi connectivity index (χ2v) is 2.38. The molecule has 0 fully saturated rings. The number of hydrogen-bond donors (Lipinski definition) is 0. The molecular formula is C8H15O3-. The van der Waals surface area contributed by atoms with E-state index in [2.05, 4.69) is 0 Å². The number of unbranched alkanes of at least 4 members (excludes halogenated alkanes) is 1. The van der Waals surface area contributed by atoms with Crippen molar-refractivity contribution in [2.24, 2.45) is 0 Å². The van der Waals surface area contributed by atoms with Gasteiger partial charge in [-0.25, -0.2) is 0 Å². The first-order chi connectivity index (χ1) is 5.00. The van der Waals surface area contributed by atoms with Crippen molar-refractivity contribution < 1.29 is 14.7 Å². The molecule has 0 rings (SSSR count). The lowest BCUT2D eigenvalue weighted by molar-refractivity contribution is -0.305. The minimum absolute atomic E-state index is 0.167. The maximum Gasteiger partial charge on any atom is 0.126 e. The minimum atomic E-state index is -0.943. The summed E-state index contributed by atoms with van der Waals surface area (Å²) in [5.74, 6) is -0.776. The second-order valence-electron chi connectivity index (χ2n) is 2.38. The monoisotopic (exact) mass is 159 g/mol. The summed E-state index contributed by atoms with van der Waals surface area (Å²) >= 11 is 0. The number of Topliss-reactive ketones (excluding diaryl/α,β-unsaturated/α-hetero) is 1. The highest BCUT2D eigenvalue weighted by atomic mass is 16.4. The van der Waals surface area contributed by atoms with Crippen molar-refractivity contribution in [3.05, 3.63) is 0 Å². The molecule has 0 aromatic carbocycles. The van der Waals surface area contributed by atoms with E-state index in [1.54, 1.807) is 0 Å². The van der Waals surface area contributed by atoms with Crippen molar-refractivity contribution >= 4 is 11.8 Å². The third kappa shape index (κ3) is 47.3. The van der Waals surface area contributed by atoms with Crippen molar-refractivity contribution in [2.45, 2.75) is 40.0 Å². The zero-order valence-electron chi connectivity index (χ0n) is 7.35. The molecule has 0 aliphatic rings. The van der Waals surface area contributed by atoms with Crippen molar-refractivity contribution in [1.29, 1.82) is 0 Å². The molecule has 0 radical (unpaired) electrons. The van der Waals surface area contributed by atoms with Crippen LogP contribution >= 0.6 is 0 Å². The Bertz CT molecular complexity index is 115. The Kier molecular flexibility index (Phi) is 10.6. The van der Waals surface area contributed by atoms with Crippen LogP contribution in [0.25, 0.3) is 0 Å². The number of carboxylic acids is 1. The normalized spacial score (nSPS) is 7.91. The van der Waals surface area contributed by atoms with E-state index in [0.717, 1.165) is 12.8 Å². The average Bonchev–Trinajstić information content (AvgIpc) is 1.82. The van der Waals surface area contributed by atoms with Gasteiger partial charge in [0.05, 0.1) is 0 Å². The Morgan fingerprint density at radius 3 is 1.73 bits per heavy atom. The van der Waals surface area contributed by atoms with Gasteiger partial charge in [0.15, 0.2) is 0 Å². The molecule has 11 heavy (non-hydrogen) atoms. The van der Waals surface area contributed by atoms with Crippen LogP contribution in [-0.4, -0.2) is 11.8 Å². The first-order valence-electron chi connectivity index (χ1n) is 3.67. The van der Waals surface area contributed by atoms with Crippen LogP contribution in [0.5, 0.6) is 0 Å². The molecule has 0 heterocycles. The third-order valence-electron chi connectivity index (χ3n) is 0.734. The zero-order chi connectivity index (χ0) is 9.28. The fourth-order valence-corrected chi connectivity index (χ4v) is 0.321. The maximum absolute atomic E-state index is 9.65. The van der Waals surface area contributed by atoms with E-state index in [9.17, 15) is 14.7 Å². The van der Waals surface area contributed by atoms with E-state index in [0.29, 0.717) is 0 Å². The Morgan fingerprint density at radius 1 is 1.27 bits per heavy atom. The Balaban J connectivity index is 0. The summed E-state index contributed by atoms with van der Waals surface area (Å²) in [7, 11) is 0. The Labute approximate surface area is 67.4 Å². The van der Waals surface area contributed by atoms with Crippen LogP contribution in [0, 0.1) is 0 Å². The number of hydrogen-bond acceptors (Lipinski definition) is 3. The van der Waals surface area contributed by atoms with Gasteiger partial charge in [-0.05, 0) is 26.7 Å². The number of carbonyl (C=O) groups is 2. The molecule has 3 nitrogen and oxygen atoms in total. The third-order valence-corrected chi connectivity index (χ3v) is 0.734. The predicted molar refractivity (Wildman–Crippen MR) is 40.9 cm³/mol. The quantitative estimate of drug-likeness (QED) is 0.603. The first kappa shape index (κ1) is 12.8. The predicted octanol–water partition coefficient (Wildman–Crippen LogP) is 0.522. The van der Waals surface area contributed by atoms with E-state index < -0.39 is 5.97 Å². The Morgan fingerprint density at radius 2 is 1.64 bits per heavy atom. The highest BCUT2D eigenvalue weighted by Gasteiger charge is 1.80. The van der Waals surface area contributed by atoms with E-state index in [4.69, 9.17) is 0 Å². The summed E-state index contributed by atoms with van der Waals surface area (Å²) in [6.45, 7) is 5.00. The van der Waals surface area contributed by atoms with E-state index in [1.165, 1.54) is 13.8 Å². The molecule has 0 aromatic heterocycles. The molecule has 3 heteroatoms. The van der Waals surface area contributed by atoms with Crippen LogP contribution in [0.2, 0.25) is 0 Å². The number of carboxylic acid groups (broad SMARTS) is 1. The van der Waals surface area contributed by atoms with Gasteiger partial charge in [-0.1, -0.05) is 13.3 Å². The molecule has 0 aliphatic carbocycles.